The van der Waals surface area contributed by atoms with Gasteiger partial charge in [-0.25, -0.2) is 4.39 Å². The molecule has 7 heteroatoms. The van der Waals surface area contributed by atoms with Crippen LogP contribution in [0.15, 0.2) is 81.0 Å². The minimum absolute atomic E-state index is 0.0486. The first kappa shape index (κ1) is 17.6. The van der Waals surface area contributed by atoms with Crippen LogP contribution >= 0.6 is 11.8 Å². The summed E-state index contributed by atoms with van der Waals surface area (Å²) < 4.78 is 18.8. The predicted molar refractivity (Wildman–Crippen MR) is 108 cm³/mol. The monoisotopic (exact) mass is 403 g/mol. The van der Waals surface area contributed by atoms with Crippen molar-refractivity contribution in [3.8, 4) is 22.8 Å². The molecule has 1 aromatic heterocycles. The van der Waals surface area contributed by atoms with Gasteiger partial charge in [-0.1, -0.05) is 35.1 Å². The van der Waals surface area contributed by atoms with Crippen molar-refractivity contribution in [2.45, 2.75) is 9.79 Å². The van der Waals surface area contributed by atoms with E-state index in [4.69, 9.17) is 4.52 Å². The number of benzene rings is 3. The fourth-order valence-corrected chi connectivity index (χ4v) is 4.38. The van der Waals surface area contributed by atoms with Gasteiger partial charge in [0, 0.05) is 28.0 Å². The molecule has 0 bridgehead atoms. The zero-order valence-electron chi connectivity index (χ0n) is 15.3. The number of anilines is 1. The number of aromatic nitrogens is 2. The summed E-state index contributed by atoms with van der Waals surface area (Å²) in [5.41, 5.74) is 2.76. The Labute approximate surface area is 170 Å². The maximum atomic E-state index is 13.5. The quantitative estimate of drug-likeness (QED) is 0.455. The second-order valence-corrected chi connectivity index (χ2v) is 7.66. The molecule has 5 nitrogen and oxygen atoms in total. The molecule has 0 atom stereocenters. The molecule has 1 aliphatic heterocycles. The summed E-state index contributed by atoms with van der Waals surface area (Å²) in [5.74, 6) is 0.238. The van der Waals surface area contributed by atoms with Gasteiger partial charge in [0.2, 0.25) is 5.82 Å². The lowest BCUT2D eigenvalue weighted by molar-refractivity contribution is 0.0990. The van der Waals surface area contributed by atoms with Gasteiger partial charge in [-0.2, -0.15) is 4.98 Å². The van der Waals surface area contributed by atoms with E-state index in [2.05, 4.69) is 10.1 Å². The molecule has 1 aliphatic rings. The van der Waals surface area contributed by atoms with E-state index in [1.807, 2.05) is 42.5 Å². The second-order valence-electron chi connectivity index (χ2n) is 6.58. The number of rotatable bonds is 2. The molecule has 0 saturated carbocycles. The number of nitrogens with zero attached hydrogens (tertiary/aromatic N) is 3. The van der Waals surface area contributed by atoms with Crippen molar-refractivity contribution >= 4 is 23.4 Å². The average Bonchev–Trinajstić information content (AvgIpc) is 3.20. The predicted octanol–water partition coefficient (Wildman–Crippen LogP) is 5.28. The zero-order valence-corrected chi connectivity index (χ0v) is 16.1. The van der Waals surface area contributed by atoms with Crippen LogP contribution in [0.3, 0.4) is 0 Å². The number of hydrogen-bond donors (Lipinski definition) is 0. The molecule has 0 saturated heterocycles. The van der Waals surface area contributed by atoms with E-state index in [9.17, 15) is 9.18 Å². The number of carbonyl (C=O) groups is 1. The molecular weight excluding hydrogens is 389 g/mol. The topological polar surface area (TPSA) is 59.2 Å². The lowest BCUT2D eigenvalue weighted by Gasteiger charge is -2.17. The van der Waals surface area contributed by atoms with Crippen LogP contribution in [0.25, 0.3) is 22.8 Å². The number of fused-ring (bicyclic) bond motifs is 2. The third-order valence-corrected chi connectivity index (χ3v) is 5.84. The van der Waals surface area contributed by atoms with Gasteiger partial charge in [-0.15, -0.1) is 0 Å². The van der Waals surface area contributed by atoms with Gasteiger partial charge in [-0.3, -0.25) is 4.79 Å². The number of carbonyl (C=O) groups excluding carboxylic acids is 1. The van der Waals surface area contributed by atoms with Crippen molar-refractivity contribution < 1.29 is 13.7 Å². The summed E-state index contributed by atoms with van der Waals surface area (Å²) in [6, 6.07) is 19.2. The van der Waals surface area contributed by atoms with Crippen LogP contribution in [0.1, 0.15) is 10.4 Å². The Morgan fingerprint density at radius 1 is 0.966 bits per heavy atom. The van der Waals surface area contributed by atoms with Crippen LogP contribution in [0.2, 0.25) is 0 Å². The molecule has 142 valence electrons. The van der Waals surface area contributed by atoms with E-state index in [1.54, 1.807) is 24.1 Å². The van der Waals surface area contributed by atoms with Gasteiger partial charge in [0.25, 0.3) is 11.8 Å². The summed E-state index contributed by atoms with van der Waals surface area (Å²) >= 11 is 1.53. The molecule has 0 aliphatic carbocycles. The maximum Gasteiger partial charge on any atom is 0.259 e. The third-order valence-electron chi connectivity index (χ3n) is 4.72. The Morgan fingerprint density at radius 2 is 1.83 bits per heavy atom. The van der Waals surface area contributed by atoms with Crippen LogP contribution in [-0.2, 0) is 0 Å². The summed E-state index contributed by atoms with van der Waals surface area (Å²) in [7, 11) is 1.76. The zero-order chi connectivity index (χ0) is 20.0. The summed E-state index contributed by atoms with van der Waals surface area (Å²) in [4.78, 5) is 20.7. The van der Waals surface area contributed by atoms with Crippen LogP contribution in [0, 0.1) is 5.82 Å². The van der Waals surface area contributed by atoms with Gasteiger partial charge in [-0.05, 0) is 48.5 Å². The number of halogens is 1. The summed E-state index contributed by atoms with van der Waals surface area (Å²) in [5, 5.41) is 4.04. The third kappa shape index (κ3) is 3.09. The Bertz CT molecular complexity index is 1250. The normalized spacial score (nSPS) is 13.0. The molecule has 2 heterocycles. The minimum Gasteiger partial charge on any atom is -0.334 e. The van der Waals surface area contributed by atoms with Crippen LogP contribution < -0.4 is 4.90 Å². The second kappa shape index (κ2) is 6.86. The highest BCUT2D eigenvalue weighted by Crippen LogP contribution is 2.42. The van der Waals surface area contributed by atoms with Crippen LogP contribution in [-0.4, -0.2) is 23.1 Å². The van der Waals surface area contributed by atoms with Gasteiger partial charge in [0.05, 0.1) is 11.3 Å². The molecule has 0 spiro atoms. The standard InChI is InChI=1S/C22H14FN3O2S/c1-26-17-10-9-13(12-19(17)29-18-8-3-2-7-16(18)22(26)27)20-24-21(28-25-20)14-5-4-6-15(23)11-14/h2-12H,1H3. The molecular formula is C22H14FN3O2S. The van der Waals surface area contributed by atoms with Crippen molar-refractivity contribution in [2.24, 2.45) is 0 Å². The first-order chi connectivity index (χ1) is 14.1. The first-order valence-electron chi connectivity index (χ1n) is 8.89. The van der Waals surface area contributed by atoms with Crippen molar-refractivity contribution in [3.63, 3.8) is 0 Å². The van der Waals surface area contributed by atoms with Crippen molar-refractivity contribution in [1.29, 1.82) is 0 Å². The summed E-state index contributed by atoms with van der Waals surface area (Å²) in [6.45, 7) is 0. The van der Waals surface area contributed by atoms with Crippen molar-refractivity contribution in [1.82, 2.24) is 10.1 Å². The van der Waals surface area contributed by atoms with E-state index >= 15 is 0 Å². The minimum atomic E-state index is -0.366. The van der Waals surface area contributed by atoms with Gasteiger partial charge >= 0.3 is 0 Å². The highest BCUT2D eigenvalue weighted by molar-refractivity contribution is 7.99. The Balaban J connectivity index is 1.55. The molecule has 0 fully saturated rings. The molecule has 3 aromatic carbocycles. The molecule has 0 unspecified atom stereocenters. The molecule has 4 aromatic rings. The van der Waals surface area contributed by atoms with Crippen LogP contribution in [0.5, 0.6) is 0 Å². The lowest BCUT2D eigenvalue weighted by atomic mass is 10.1. The van der Waals surface area contributed by atoms with Gasteiger partial charge in [0.1, 0.15) is 5.82 Å². The summed E-state index contributed by atoms with van der Waals surface area (Å²) in [6.07, 6.45) is 0. The van der Waals surface area contributed by atoms with E-state index < -0.39 is 0 Å². The van der Waals surface area contributed by atoms with Crippen molar-refractivity contribution in [2.75, 3.05) is 11.9 Å². The smallest absolute Gasteiger partial charge is 0.259 e. The van der Waals surface area contributed by atoms with E-state index in [-0.39, 0.29) is 17.6 Å². The Hall–Kier alpha value is -3.45. The Morgan fingerprint density at radius 3 is 2.69 bits per heavy atom. The largest absolute Gasteiger partial charge is 0.334 e. The van der Waals surface area contributed by atoms with Gasteiger partial charge in [0.15, 0.2) is 0 Å². The SMILES string of the molecule is CN1C(=O)c2ccccc2Sc2cc(-c3noc(-c4cccc(F)c4)n3)ccc21. The average molecular weight is 403 g/mol. The highest BCUT2D eigenvalue weighted by Gasteiger charge is 2.25. The lowest BCUT2D eigenvalue weighted by Crippen LogP contribution is -2.25. The molecule has 0 N–H and O–H groups in total. The molecule has 1 amide bonds. The van der Waals surface area contributed by atoms with E-state index in [0.717, 1.165) is 21.0 Å². The number of amides is 1. The number of hydrogen-bond acceptors (Lipinski definition) is 5. The maximum absolute atomic E-state index is 13.5. The molecule has 5 rings (SSSR count). The van der Waals surface area contributed by atoms with Crippen LogP contribution in [0.4, 0.5) is 10.1 Å². The van der Waals surface area contributed by atoms with E-state index in [0.29, 0.717) is 17.0 Å². The van der Waals surface area contributed by atoms with Gasteiger partial charge < -0.3 is 9.42 Å². The molecule has 29 heavy (non-hydrogen) atoms. The Kier molecular flexibility index (Phi) is 4.17. The molecule has 0 radical (unpaired) electrons. The highest BCUT2D eigenvalue weighted by atomic mass is 32.2. The fraction of sp³-hybridized carbons (Fsp3) is 0.0455. The fourth-order valence-electron chi connectivity index (χ4n) is 3.23. The van der Waals surface area contributed by atoms with Crippen molar-refractivity contribution in [3.05, 3.63) is 78.1 Å². The van der Waals surface area contributed by atoms with E-state index in [1.165, 1.54) is 23.9 Å². The first-order valence-corrected chi connectivity index (χ1v) is 9.71.